The van der Waals surface area contributed by atoms with Crippen LogP contribution in [-0.2, 0) is 4.79 Å². The van der Waals surface area contributed by atoms with Gasteiger partial charge >= 0.3 is 0 Å². The number of aryl methyl sites for hydroxylation is 2. The Bertz CT molecular complexity index is 427. The molecule has 4 nitrogen and oxygen atoms in total. The summed E-state index contributed by atoms with van der Waals surface area (Å²) in [6.45, 7) is 6.28. The zero-order valence-electron chi connectivity index (χ0n) is 10.5. The first-order valence-electron chi connectivity index (χ1n) is 5.66. The van der Waals surface area contributed by atoms with Gasteiger partial charge in [0.1, 0.15) is 0 Å². The number of likely N-dealkylation sites (N-methyl/N-ethyl adjacent to an activating group) is 1. The third-order valence-electron chi connectivity index (χ3n) is 2.41. The van der Waals surface area contributed by atoms with Gasteiger partial charge in [-0.3, -0.25) is 9.59 Å². The Morgan fingerprint density at radius 3 is 2.47 bits per heavy atom. The van der Waals surface area contributed by atoms with Crippen LogP contribution in [0.1, 0.15) is 28.4 Å². The van der Waals surface area contributed by atoms with E-state index in [0.717, 1.165) is 11.1 Å². The minimum atomic E-state index is -0.214. The van der Waals surface area contributed by atoms with Crippen LogP contribution < -0.4 is 10.6 Å². The van der Waals surface area contributed by atoms with Gasteiger partial charge in [0.05, 0.1) is 6.54 Å². The van der Waals surface area contributed by atoms with Crippen molar-refractivity contribution in [2.45, 2.75) is 20.8 Å². The number of carbonyl (C=O) groups excluding carboxylic acids is 2. The molecule has 0 radical (unpaired) electrons. The first kappa shape index (κ1) is 13.2. The average Bonchev–Trinajstić information content (AvgIpc) is 2.26. The van der Waals surface area contributed by atoms with Gasteiger partial charge in [-0.05, 0) is 32.4 Å². The quantitative estimate of drug-likeness (QED) is 0.821. The molecule has 0 spiro atoms. The first-order chi connectivity index (χ1) is 8.04. The molecule has 2 amide bonds. The Kier molecular flexibility index (Phi) is 4.69. The molecule has 0 aliphatic carbocycles. The smallest absolute Gasteiger partial charge is 0.251 e. The summed E-state index contributed by atoms with van der Waals surface area (Å²) in [5.74, 6) is -0.389. The largest absolute Gasteiger partial charge is 0.355 e. The summed E-state index contributed by atoms with van der Waals surface area (Å²) in [6.07, 6.45) is 0. The van der Waals surface area contributed by atoms with Crippen LogP contribution in [0.25, 0.3) is 0 Å². The number of carbonyl (C=O) groups is 2. The second-order valence-electron chi connectivity index (χ2n) is 3.95. The monoisotopic (exact) mass is 234 g/mol. The molecule has 0 bridgehead atoms. The number of hydrogen-bond acceptors (Lipinski definition) is 2. The maximum Gasteiger partial charge on any atom is 0.251 e. The second-order valence-corrected chi connectivity index (χ2v) is 3.95. The van der Waals surface area contributed by atoms with E-state index < -0.39 is 0 Å². The predicted octanol–water partition coefficient (Wildman–Crippen LogP) is 1.17. The zero-order valence-corrected chi connectivity index (χ0v) is 10.5. The van der Waals surface area contributed by atoms with E-state index in [1.807, 2.05) is 32.9 Å². The van der Waals surface area contributed by atoms with Gasteiger partial charge in [-0.1, -0.05) is 17.7 Å². The van der Waals surface area contributed by atoms with Crippen LogP contribution in [0, 0.1) is 13.8 Å². The van der Waals surface area contributed by atoms with Crippen molar-refractivity contribution >= 4 is 11.8 Å². The molecule has 17 heavy (non-hydrogen) atoms. The Labute approximate surface area is 101 Å². The SMILES string of the molecule is CCNC(=O)CNC(=O)c1ccc(C)cc1C. The third-order valence-corrected chi connectivity index (χ3v) is 2.41. The molecule has 0 aliphatic rings. The number of benzene rings is 1. The maximum absolute atomic E-state index is 11.8. The van der Waals surface area contributed by atoms with Gasteiger partial charge < -0.3 is 10.6 Å². The highest BCUT2D eigenvalue weighted by Crippen LogP contribution is 2.09. The molecular weight excluding hydrogens is 216 g/mol. The number of rotatable bonds is 4. The molecule has 1 aromatic carbocycles. The molecule has 2 N–H and O–H groups in total. The molecule has 0 aromatic heterocycles. The molecule has 0 fully saturated rings. The highest BCUT2D eigenvalue weighted by atomic mass is 16.2. The zero-order chi connectivity index (χ0) is 12.8. The van der Waals surface area contributed by atoms with Crippen molar-refractivity contribution in [2.75, 3.05) is 13.1 Å². The fourth-order valence-electron chi connectivity index (χ4n) is 1.58. The van der Waals surface area contributed by atoms with Gasteiger partial charge in [0, 0.05) is 12.1 Å². The molecule has 0 saturated carbocycles. The normalized spacial score (nSPS) is 9.82. The Morgan fingerprint density at radius 1 is 1.18 bits per heavy atom. The lowest BCUT2D eigenvalue weighted by Crippen LogP contribution is -2.36. The molecule has 1 rings (SSSR count). The highest BCUT2D eigenvalue weighted by Gasteiger charge is 2.09. The third kappa shape index (κ3) is 3.90. The van der Waals surface area contributed by atoms with E-state index in [4.69, 9.17) is 0 Å². The van der Waals surface area contributed by atoms with Crippen LogP contribution in [-0.4, -0.2) is 24.9 Å². The molecule has 0 saturated heterocycles. The second kappa shape index (κ2) is 6.03. The van der Waals surface area contributed by atoms with Crippen molar-refractivity contribution in [3.63, 3.8) is 0 Å². The fraction of sp³-hybridized carbons (Fsp3) is 0.385. The Balaban J connectivity index is 2.61. The van der Waals surface area contributed by atoms with Gasteiger partial charge in [-0.25, -0.2) is 0 Å². The van der Waals surface area contributed by atoms with Crippen LogP contribution in [0.2, 0.25) is 0 Å². The van der Waals surface area contributed by atoms with Gasteiger partial charge in [0.2, 0.25) is 5.91 Å². The molecule has 92 valence electrons. The van der Waals surface area contributed by atoms with Gasteiger partial charge in [-0.2, -0.15) is 0 Å². The van der Waals surface area contributed by atoms with E-state index in [1.165, 1.54) is 0 Å². The first-order valence-corrected chi connectivity index (χ1v) is 5.66. The number of amides is 2. The molecule has 4 heteroatoms. The predicted molar refractivity (Wildman–Crippen MR) is 66.9 cm³/mol. The molecule has 0 unspecified atom stereocenters. The van der Waals surface area contributed by atoms with Gasteiger partial charge in [0.25, 0.3) is 5.91 Å². The van der Waals surface area contributed by atoms with E-state index in [0.29, 0.717) is 12.1 Å². The van der Waals surface area contributed by atoms with Crippen molar-refractivity contribution in [3.05, 3.63) is 34.9 Å². The minimum Gasteiger partial charge on any atom is -0.355 e. The lowest BCUT2D eigenvalue weighted by molar-refractivity contribution is -0.120. The Morgan fingerprint density at radius 2 is 1.88 bits per heavy atom. The summed E-state index contributed by atoms with van der Waals surface area (Å²) < 4.78 is 0. The molecule has 0 heterocycles. The minimum absolute atomic E-state index is 0.0139. The molecule has 0 aliphatic heterocycles. The summed E-state index contributed by atoms with van der Waals surface area (Å²) >= 11 is 0. The van der Waals surface area contributed by atoms with Gasteiger partial charge in [-0.15, -0.1) is 0 Å². The van der Waals surface area contributed by atoms with Crippen molar-refractivity contribution < 1.29 is 9.59 Å². The van der Waals surface area contributed by atoms with Crippen LogP contribution >= 0.6 is 0 Å². The van der Waals surface area contributed by atoms with Crippen LogP contribution in [0.3, 0.4) is 0 Å². The standard InChI is InChI=1S/C13H18N2O2/c1-4-14-12(16)8-15-13(17)11-6-5-9(2)7-10(11)3/h5-7H,4,8H2,1-3H3,(H,14,16)(H,15,17). The van der Waals surface area contributed by atoms with E-state index in [-0.39, 0.29) is 18.4 Å². The summed E-state index contributed by atoms with van der Waals surface area (Å²) in [6, 6.07) is 5.60. The maximum atomic E-state index is 11.8. The molecular formula is C13H18N2O2. The van der Waals surface area contributed by atoms with E-state index in [1.54, 1.807) is 6.07 Å². The fourth-order valence-corrected chi connectivity index (χ4v) is 1.58. The van der Waals surface area contributed by atoms with Crippen LogP contribution in [0.4, 0.5) is 0 Å². The van der Waals surface area contributed by atoms with E-state index >= 15 is 0 Å². The summed E-state index contributed by atoms with van der Waals surface area (Å²) in [5.41, 5.74) is 2.64. The van der Waals surface area contributed by atoms with Crippen molar-refractivity contribution in [1.29, 1.82) is 0 Å². The lowest BCUT2D eigenvalue weighted by Gasteiger charge is -2.08. The van der Waals surface area contributed by atoms with Crippen molar-refractivity contribution in [2.24, 2.45) is 0 Å². The van der Waals surface area contributed by atoms with E-state index in [9.17, 15) is 9.59 Å². The lowest BCUT2D eigenvalue weighted by atomic mass is 10.1. The summed E-state index contributed by atoms with van der Waals surface area (Å²) in [7, 11) is 0. The highest BCUT2D eigenvalue weighted by molar-refractivity contribution is 5.97. The molecule has 0 atom stereocenters. The van der Waals surface area contributed by atoms with Crippen LogP contribution in [0.15, 0.2) is 18.2 Å². The van der Waals surface area contributed by atoms with Crippen molar-refractivity contribution in [3.8, 4) is 0 Å². The number of nitrogens with one attached hydrogen (secondary N) is 2. The number of hydrogen-bond donors (Lipinski definition) is 2. The van der Waals surface area contributed by atoms with E-state index in [2.05, 4.69) is 10.6 Å². The Hall–Kier alpha value is -1.84. The van der Waals surface area contributed by atoms with Crippen LogP contribution in [0.5, 0.6) is 0 Å². The summed E-state index contributed by atoms with van der Waals surface area (Å²) in [4.78, 5) is 23.0. The summed E-state index contributed by atoms with van der Waals surface area (Å²) in [5, 5.41) is 5.22. The average molecular weight is 234 g/mol. The molecule has 1 aromatic rings. The topological polar surface area (TPSA) is 58.2 Å². The van der Waals surface area contributed by atoms with Gasteiger partial charge in [0.15, 0.2) is 0 Å². The van der Waals surface area contributed by atoms with Crippen molar-refractivity contribution in [1.82, 2.24) is 10.6 Å².